The fourth-order valence-corrected chi connectivity index (χ4v) is 2.26. The molecule has 1 atom stereocenters. The van der Waals surface area contributed by atoms with Gasteiger partial charge < -0.3 is 4.74 Å². The van der Waals surface area contributed by atoms with Gasteiger partial charge in [-0.2, -0.15) is 4.58 Å². The van der Waals surface area contributed by atoms with Crippen LogP contribution in [-0.4, -0.2) is 23.0 Å². The lowest BCUT2D eigenvalue weighted by Gasteiger charge is -2.13. The van der Waals surface area contributed by atoms with Crippen LogP contribution in [0.15, 0.2) is 54.4 Å². The van der Waals surface area contributed by atoms with E-state index in [-0.39, 0.29) is 18.2 Å². The van der Waals surface area contributed by atoms with Crippen LogP contribution in [0.5, 0.6) is 0 Å². The fourth-order valence-electron chi connectivity index (χ4n) is 2.26. The summed E-state index contributed by atoms with van der Waals surface area (Å²) in [6.07, 6.45) is 6.39. The summed E-state index contributed by atoms with van der Waals surface area (Å²) in [4.78, 5) is 12.3. The second-order valence-corrected chi connectivity index (χ2v) is 4.75. The van der Waals surface area contributed by atoms with Crippen molar-refractivity contribution in [2.45, 2.75) is 18.9 Å². The number of nitrogens with zero attached hydrogens (tertiary/aromatic N) is 1. The minimum absolute atomic E-state index is 0.167. The molecule has 0 fully saturated rings. The van der Waals surface area contributed by atoms with Crippen molar-refractivity contribution in [2.75, 3.05) is 0 Å². The van der Waals surface area contributed by atoms with Gasteiger partial charge in [0.15, 0.2) is 6.10 Å². The van der Waals surface area contributed by atoms with Crippen LogP contribution in [-0.2, 0) is 16.0 Å². The molecule has 0 saturated carbocycles. The van der Waals surface area contributed by atoms with Gasteiger partial charge in [0.1, 0.15) is 6.04 Å². The third-order valence-corrected chi connectivity index (χ3v) is 3.29. The van der Waals surface area contributed by atoms with Crippen LogP contribution in [0, 0.1) is 6.04 Å². The largest absolute Gasteiger partial charge is 0.473 e. The van der Waals surface area contributed by atoms with Gasteiger partial charge in [-0.05, 0) is 18.1 Å². The zero-order valence-corrected chi connectivity index (χ0v) is 10.8. The summed E-state index contributed by atoms with van der Waals surface area (Å²) < 4.78 is 20.0. The van der Waals surface area contributed by atoms with Crippen LogP contribution in [0.4, 0.5) is 4.39 Å². The molecule has 1 heterocycles. The van der Waals surface area contributed by atoms with Crippen molar-refractivity contribution in [1.82, 2.24) is 0 Å². The summed E-state index contributed by atoms with van der Waals surface area (Å²) in [6.45, 7) is 0. The molecule has 1 aliphatic carbocycles. The Morgan fingerprint density at radius 3 is 2.90 bits per heavy atom. The molecular formula is C16H14FNO2. The molecule has 0 aromatic heterocycles. The summed E-state index contributed by atoms with van der Waals surface area (Å²) in [6, 6.07) is 10.2. The van der Waals surface area contributed by atoms with Crippen molar-refractivity contribution in [3.05, 3.63) is 66.0 Å². The molecular weight excluding hydrogens is 257 g/mol. The van der Waals surface area contributed by atoms with E-state index < -0.39 is 6.10 Å². The zero-order chi connectivity index (χ0) is 13.9. The summed E-state index contributed by atoms with van der Waals surface area (Å²) in [5.41, 5.74) is 1.03. The fraction of sp³-hybridized carbons (Fsp3) is 0.188. The summed E-state index contributed by atoms with van der Waals surface area (Å²) >= 11 is 0. The lowest BCUT2D eigenvalue weighted by molar-refractivity contribution is -0.412. The Balaban J connectivity index is 1.70. The number of rotatable bonds is 3. The van der Waals surface area contributed by atoms with Crippen LogP contribution >= 0.6 is 0 Å². The van der Waals surface area contributed by atoms with Gasteiger partial charge in [-0.3, -0.25) is 9.18 Å². The molecule has 0 saturated heterocycles. The second-order valence-electron chi connectivity index (χ2n) is 4.75. The maximum absolute atomic E-state index is 13.3. The third-order valence-electron chi connectivity index (χ3n) is 3.29. The Hall–Kier alpha value is -2.36. The highest BCUT2D eigenvalue weighted by molar-refractivity contribution is 5.81. The van der Waals surface area contributed by atoms with Gasteiger partial charge in [0.25, 0.3) is 6.40 Å². The van der Waals surface area contributed by atoms with Gasteiger partial charge in [-0.1, -0.05) is 36.4 Å². The van der Waals surface area contributed by atoms with Crippen LogP contribution in [0.25, 0.3) is 0 Å². The van der Waals surface area contributed by atoms with Crippen molar-refractivity contribution in [1.29, 1.82) is 0 Å². The van der Waals surface area contributed by atoms with Gasteiger partial charge in [-0.25, -0.2) is 0 Å². The molecule has 0 bridgehead atoms. The zero-order valence-electron chi connectivity index (χ0n) is 10.8. The van der Waals surface area contributed by atoms with Crippen LogP contribution in [0.3, 0.4) is 0 Å². The van der Waals surface area contributed by atoms with E-state index in [1.807, 2.05) is 30.3 Å². The highest BCUT2D eigenvalue weighted by atomic mass is 19.1. The molecule has 3 nitrogen and oxygen atoms in total. The van der Waals surface area contributed by atoms with Gasteiger partial charge >= 0.3 is 5.91 Å². The Morgan fingerprint density at radius 1 is 1.35 bits per heavy atom. The summed E-state index contributed by atoms with van der Waals surface area (Å²) in [5, 5.41) is 0. The maximum atomic E-state index is 13.3. The predicted molar refractivity (Wildman–Crippen MR) is 72.5 cm³/mol. The normalized spacial score (nSPS) is 21.6. The molecule has 4 heteroatoms. The Kier molecular flexibility index (Phi) is 3.37. The molecule has 102 valence electrons. The van der Waals surface area contributed by atoms with Crippen molar-refractivity contribution in [3.8, 4) is 0 Å². The topological polar surface area (TPSA) is 29.3 Å². The highest BCUT2D eigenvalue weighted by Gasteiger charge is 2.35. The Morgan fingerprint density at radius 2 is 2.15 bits per heavy atom. The minimum atomic E-state index is -0.545. The Labute approximate surface area is 116 Å². The number of halogens is 1. The molecule has 2 aliphatic rings. The van der Waals surface area contributed by atoms with Gasteiger partial charge in [0.2, 0.25) is 0 Å². The molecule has 1 aromatic carbocycles. The first-order chi connectivity index (χ1) is 9.74. The molecule has 1 aromatic rings. The van der Waals surface area contributed by atoms with E-state index in [9.17, 15) is 9.18 Å². The van der Waals surface area contributed by atoms with E-state index >= 15 is 0 Å². The van der Waals surface area contributed by atoms with Gasteiger partial charge in [-0.15, -0.1) is 6.08 Å². The number of hydrogen-bond donors (Lipinski definition) is 0. The minimum Gasteiger partial charge on any atom is -0.473 e. The predicted octanol–water partition coefficient (Wildman–Crippen LogP) is 2.54. The van der Waals surface area contributed by atoms with E-state index in [1.54, 1.807) is 12.2 Å². The third kappa shape index (κ3) is 2.50. The van der Waals surface area contributed by atoms with Crippen LogP contribution in [0.1, 0.15) is 12.0 Å². The molecule has 3 rings (SSSR count). The number of carbonyl (C=O) groups excluding carboxylic acids is 1. The van der Waals surface area contributed by atoms with Gasteiger partial charge in [0.05, 0.1) is 0 Å². The molecule has 0 spiro atoms. The van der Waals surface area contributed by atoms with E-state index in [4.69, 9.17) is 4.74 Å². The molecule has 0 N–H and O–H groups in total. The number of hydrogen-bond acceptors (Lipinski definition) is 2. The quantitative estimate of drug-likeness (QED) is 0.624. The number of benzene rings is 1. The molecule has 20 heavy (non-hydrogen) atoms. The molecule has 1 aliphatic heterocycles. The monoisotopic (exact) mass is 271 g/mol. The van der Waals surface area contributed by atoms with Crippen molar-refractivity contribution >= 4 is 12.3 Å². The SMILES string of the molecule is O=C1C(Cc2ccccc2)OC=[N+]1[C-]1C=CCC(F)=C1. The standard InChI is InChI=1S/C16H14FNO2/c17-13-7-4-8-14(10-13)18-11-20-15(16(18)19)9-12-5-2-1-3-6-12/h1-6,8,10-11,15H,7,9H2. The summed E-state index contributed by atoms with van der Waals surface area (Å²) in [5.74, 6) is -0.422. The number of ether oxygens (including phenoxy) is 1. The van der Waals surface area contributed by atoms with Crippen LogP contribution in [0.2, 0.25) is 0 Å². The van der Waals surface area contributed by atoms with Crippen molar-refractivity contribution in [2.24, 2.45) is 0 Å². The number of allylic oxidation sites excluding steroid dienone is 2. The molecule has 1 unspecified atom stereocenters. The van der Waals surface area contributed by atoms with E-state index in [2.05, 4.69) is 0 Å². The Bertz CT molecular complexity index is 604. The van der Waals surface area contributed by atoms with Crippen LogP contribution < -0.4 is 0 Å². The smallest absolute Gasteiger partial charge is 0.370 e. The van der Waals surface area contributed by atoms with Gasteiger partial charge in [0, 0.05) is 12.2 Å². The lowest BCUT2D eigenvalue weighted by atomic mass is 10.1. The average molecular weight is 271 g/mol. The number of carbonyl (C=O) groups is 1. The van der Waals surface area contributed by atoms with Crippen molar-refractivity contribution in [3.63, 3.8) is 0 Å². The molecule has 1 amide bonds. The number of amides is 1. The second kappa shape index (κ2) is 5.33. The van der Waals surface area contributed by atoms with E-state index in [0.717, 1.165) is 5.56 Å². The maximum Gasteiger partial charge on any atom is 0.370 e. The molecule has 0 radical (unpaired) electrons. The average Bonchev–Trinajstić information content (AvgIpc) is 2.81. The first-order valence-electron chi connectivity index (χ1n) is 6.49. The first-order valence-corrected chi connectivity index (χ1v) is 6.49. The van der Waals surface area contributed by atoms with E-state index in [0.29, 0.717) is 12.5 Å². The first kappa shape index (κ1) is 12.7. The highest BCUT2D eigenvalue weighted by Crippen LogP contribution is 2.23. The summed E-state index contributed by atoms with van der Waals surface area (Å²) in [7, 11) is 0. The van der Waals surface area contributed by atoms with E-state index in [1.165, 1.54) is 17.1 Å². The van der Waals surface area contributed by atoms with Crippen molar-refractivity contribution < 1.29 is 18.5 Å². The lowest BCUT2D eigenvalue weighted by Crippen LogP contribution is -2.29.